The molecular weight excluding hydrogens is 206 g/mol. The van der Waals surface area contributed by atoms with Gasteiger partial charge in [0.15, 0.2) is 0 Å². The summed E-state index contributed by atoms with van der Waals surface area (Å²) >= 11 is 1.70. The van der Waals surface area contributed by atoms with E-state index in [1.165, 1.54) is 10.4 Å². The van der Waals surface area contributed by atoms with E-state index in [1.807, 2.05) is 13.0 Å². The summed E-state index contributed by atoms with van der Waals surface area (Å²) in [5.41, 5.74) is 8.72. The first-order chi connectivity index (χ1) is 7.20. The molecule has 3 nitrogen and oxygen atoms in total. The van der Waals surface area contributed by atoms with Crippen LogP contribution >= 0.6 is 11.3 Å². The van der Waals surface area contributed by atoms with E-state index in [-0.39, 0.29) is 0 Å². The zero-order chi connectivity index (χ0) is 10.8. The molecule has 15 heavy (non-hydrogen) atoms. The van der Waals surface area contributed by atoms with Crippen LogP contribution in [0.1, 0.15) is 17.1 Å². The van der Waals surface area contributed by atoms with Crippen LogP contribution in [0.3, 0.4) is 0 Å². The number of rotatable bonds is 2. The lowest BCUT2D eigenvalue weighted by atomic mass is 10.2. The normalized spacial score (nSPS) is 10.6. The number of aromatic nitrogens is 2. The van der Waals surface area contributed by atoms with Crippen molar-refractivity contribution in [3.05, 3.63) is 34.6 Å². The topological polar surface area (TPSA) is 51.8 Å². The Kier molecular flexibility index (Phi) is 2.79. The van der Waals surface area contributed by atoms with Gasteiger partial charge < -0.3 is 5.73 Å². The van der Waals surface area contributed by atoms with Crippen LogP contribution in [0.4, 0.5) is 0 Å². The van der Waals surface area contributed by atoms with Crippen molar-refractivity contribution >= 4 is 11.3 Å². The average molecular weight is 219 g/mol. The molecule has 0 unspecified atom stereocenters. The molecule has 0 radical (unpaired) electrons. The van der Waals surface area contributed by atoms with E-state index in [0.29, 0.717) is 6.54 Å². The average Bonchev–Trinajstić information content (AvgIpc) is 2.63. The number of nitrogens with two attached hydrogens (primary N) is 1. The highest BCUT2D eigenvalue weighted by atomic mass is 32.1. The molecule has 0 atom stereocenters. The van der Waals surface area contributed by atoms with Gasteiger partial charge in [0.25, 0.3) is 0 Å². The van der Waals surface area contributed by atoms with Gasteiger partial charge in [0.2, 0.25) is 0 Å². The molecular formula is C11H13N3S. The number of thiophene rings is 1. The van der Waals surface area contributed by atoms with Gasteiger partial charge in [0.1, 0.15) is 5.82 Å². The maximum atomic E-state index is 5.59. The number of hydrogen-bond acceptors (Lipinski definition) is 4. The van der Waals surface area contributed by atoms with E-state index >= 15 is 0 Å². The van der Waals surface area contributed by atoms with E-state index in [4.69, 9.17) is 5.73 Å². The highest BCUT2D eigenvalue weighted by molar-refractivity contribution is 7.13. The van der Waals surface area contributed by atoms with E-state index in [0.717, 1.165) is 17.2 Å². The molecule has 0 aliphatic rings. The van der Waals surface area contributed by atoms with Crippen LogP contribution in [0.5, 0.6) is 0 Å². The van der Waals surface area contributed by atoms with Gasteiger partial charge in [-0.05, 0) is 36.9 Å². The van der Waals surface area contributed by atoms with Gasteiger partial charge in [-0.2, -0.15) is 0 Å². The Labute approximate surface area is 93.0 Å². The Bertz CT molecular complexity index is 476. The van der Waals surface area contributed by atoms with Gasteiger partial charge in [0.05, 0.1) is 16.3 Å². The summed E-state index contributed by atoms with van der Waals surface area (Å²) in [6.07, 6.45) is 0. The second-order valence-corrected chi connectivity index (χ2v) is 4.34. The van der Waals surface area contributed by atoms with Crippen molar-refractivity contribution in [2.45, 2.75) is 20.4 Å². The number of hydrogen-bond donors (Lipinski definition) is 1. The summed E-state index contributed by atoms with van der Waals surface area (Å²) in [4.78, 5) is 9.89. The Morgan fingerprint density at radius 3 is 2.73 bits per heavy atom. The van der Waals surface area contributed by atoms with Gasteiger partial charge in [-0.3, -0.25) is 0 Å². The molecule has 78 valence electrons. The zero-order valence-electron chi connectivity index (χ0n) is 8.82. The van der Waals surface area contributed by atoms with Crippen molar-refractivity contribution in [1.82, 2.24) is 9.97 Å². The van der Waals surface area contributed by atoms with Crippen molar-refractivity contribution in [1.29, 1.82) is 0 Å². The second kappa shape index (κ2) is 4.08. The monoisotopic (exact) mass is 219 g/mol. The second-order valence-electron chi connectivity index (χ2n) is 3.43. The van der Waals surface area contributed by atoms with Crippen molar-refractivity contribution in [2.75, 3.05) is 0 Å². The fourth-order valence-corrected chi connectivity index (χ4v) is 2.37. The van der Waals surface area contributed by atoms with E-state index in [9.17, 15) is 0 Å². The van der Waals surface area contributed by atoms with Crippen molar-refractivity contribution in [2.24, 2.45) is 5.73 Å². The Morgan fingerprint density at radius 1 is 1.33 bits per heavy atom. The highest BCUT2D eigenvalue weighted by Gasteiger charge is 2.07. The molecule has 0 aromatic carbocycles. The third-order valence-electron chi connectivity index (χ3n) is 2.19. The first-order valence-corrected chi connectivity index (χ1v) is 5.68. The van der Waals surface area contributed by atoms with E-state index in [1.54, 1.807) is 11.3 Å². The minimum atomic E-state index is 0.459. The summed E-state index contributed by atoms with van der Waals surface area (Å²) in [6.45, 7) is 4.44. The van der Waals surface area contributed by atoms with Gasteiger partial charge >= 0.3 is 0 Å². The van der Waals surface area contributed by atoms with Crippen molar-refractivity contribution in [3.63, 3.8) is 0 Å². The molecule has 0 aliphatic heterocycles. The lowest BCUT2D eigenvalue weighted by molar-refractivity contribution is 0.930. The third-order valence-corrected chi connectivity index (χ3v) is 3.23. The van der Waals surface area contributed by atoms with Crippen LogP contribution in [-0.4, -0.2) is 9.97 Å². The first kappa shape index (κ1) is 10.3. The van der Waals surface area contributed by atoms with Crippen LogP contribution < -0.4 is 5.73 Å². The minimum Gasteiger partial charge on any atom is -0.325 e. The summed E-state index contributed by atoms with van der Waals surface area (Å²) in [6, 6.07) is 4.06. The molecule has 2 N–H and O–H groups in total. The van der Waals surface area contributed by atoms with Gasteiger partial charge in [0, 0.05) is 6.54 Å². The molecule has 4 heteroatoms. The van der Waals surface area contributed by atoms with Crippen LogP contribution in [0.15, 0.2) is 17.5 Å². The lowest BCUT2D eigenvalue weighted by Crippen LogP contribution is -2.03. The molecule has 0 bridgehead atoms. The SMILES string of the molecule is Cc1nc(CN)cc(-c2sccc2C)n1. The standard InChI is InChI=1S/C11H13N3S/c1-7-3-4-15-11(7)10-5-9(6-12)13-8(2)14-10/h3-5H,6,12H2,1-2H3. The fraction of sp³-hybridized carbons (Fsp3) is 0.273. The minimum absolute atomic E-state index is 0.459. The van der Waals surface area contributed by atoms with Gasteiger partial charge in [-0.1, -0.05) is 0 Å². The Balaban J connectivity index is 2.53. The van der Waals surface area contributed by atoms with Gasteiger partial charge in [-0.25, -0.2) is 9.97 Å². The number of nitrogens with zero attached hydrogens (tertiary/aromatic N) is 2. The molecule has 2 aromatic heterocycles. The predicted octanol–water partition coefficient (Wildman–Crippen LogP) is 2.28. The maximum Gasteiger partial charge on any atom is 0.126 e. The molecule has 2 heterocycles. The van der Waals surface area contributed by atoms with Gasteiger partial charge in [-0.15, -0.1) is 11.3 Å². The molecule has 0 amide bonds. The zero-order valence-corrected chi connectivity index (χ0v) is 9.64. The summed E-state index contributed by atoms with van der Waals surface area (Å²) < 4.78 is 0. The summed E-state index contributed by atoms with van der Waals surface area (Å²) in [7, 11) is 0. The van der Waals surface area contributed by atoms with Crippen molar-refractivity contribution < 1.29 is 0 Å². The lowest BCUT2D eigenvalue weighted by Gasteiger charge is -2.03. The van der Waals surface area contributed by atoms with E-state index < -0.39 is 0 Å². The van der Waals surface area contributed by atoms with Crippen LogP contribution in [0.2, 0.25) is 0 Å². The number of aryl methyl sites for hydroxylation is 2. The van der Waals surface area contributed by atoms with Crippen LogP contribution in [0, 0.1) is 13.8 Å². The molecule has 2 aromatic rings. The molecule has 0 saturated carbocycles. The molecule has 2 rings (SSSR count). The predicted molar refractivity (Wildman–Crippen MR) is 62.7 cm³/mol. The van der Waals surface area contributed by atoms with Crippen LogP contribution in [-0.2, 0) is 6.54 Å². The van der Waals surface area contributed by atoms with E-state index in [2.05, 4.69) is 28.3 Å². The van der Waals surface area contributed by atoms with Crippen LogP contribution in [0.25, 0.3) is 10.6 Å². The largest absolute Gasteiger partial charge is 0.325 e. The summed E-state index contributed by atoms with van der Waals surface area (Å²) in [5.74, 6) is 0.778. The Morgan fingerprint density at radius 2 is 2.13 bits per heavy atom. The quantitative estimate of drug-likeness (QED) is 0.843. The smallest absolute Gasteiger partial charge is 0.126 e. The molecule has 0 aliphatic carbocycles. The Hall–Kier alpha value is -1.26. The first-order valence-electron chi connectivity index (χ1n) is 4.80. The maximum absolute atomic E-state index is 5.59. The fourth-order valence-electron chi connectivity index (χ4n) is 1.49. The molecule has 0 spiro atoms. The summed E-state index contributed by atoms with van der Waals surface area (Å²) in [5, 5.41) is 2.07. The highest BCUT2D eigenvalue weighted by Crippen LogP contribution is 2.27. The molecule has 0 saturated heterocycles. The third kappa shape index (κ3) is 2.06. The van der Waals surface area contributed by atoms with Crippen molar-refractivity contribution in [3.8, 4) is 10.6 Å². The molecule has 0 fully saturated rings.